The summed E-state index contributed by atoms with van der Waals surface area (Å²) < 4.78 is 45.8. The van der Waals surface area contributed by atoms with Gasteiger partial charge in [0.2, 0.25) is 0 Å². The number of ether oxygens (including phenoxy) is 2. The lowest BCUT2D eigenvalue weighted by atomic mass is 10.1. The molecule has 1 aromatic rings. The number of piperidine rings is 1. The Morgan fingerprint density at radius 2 is 1.76 bits per heavy atom. The Labute approximate surface area is 166 Å². The number of benzene rings is 1. The average molecular weight is 415 g/mol. The van der Waals surface area contributed by atoms with Crippen molar-refractivity contribution >= 4 is 17.8 Å². The molecule has 0 spiro atoms. The molecule has 2 bridgehead atoms. The normalized spacial score (nSPS) is 23.7. The van der Waals surface area contributed by atoms with Gasteiger partial charge in [-0.15, -0.1) is 13.2 Å². The second-order valence-corrected chi connectivity index (χ2v) is 8.23. The Morgan fingerprint density at radius 1 is 1.10 bits per heavy atom. The van der Waals surface area contributed by atoms with E-state index < -0.39 is 24.1 Å². The van der Waals surface area contributed by atoms with E-state index in [1.54, 1.807) is 25.7 Å². The van der Waals surface area contributed by atoms with Crippen molar-refractivity contribution < 1.29 is 32.2 Å². The van der Waals surface area contributed by atoms with Crippen LogP contribution in [-0.4, -0.2) is 47.6 Å². The fourth-order valence-electron chi connectivity index (χ4n) is 3.80. The van der Waals surface area contributed by atoms with Gasteiger partial charge in [-0.2, -0.15) is 0 Å². The molecular weight excluding hydrogens is 391 g/mol. The first-order chi connectivity index (χ1) is 13.4. The highest BCUT2D eigenvalue weighted by molar-refractivity contribution is 5.89. The van der Waals surface area contributed by atoms with Crippen molar-refractivity contribution in [2.24, 2.45) is 5.92 Å². The number of nitrogens with zero attached hydrogens (tertiary/aromatic N) is 1. The van der Waals surface area contributed by atoms with Gasteiger partial charge >= 0.3 is 18.5 Å². The minimum atomic E-state index is -4.77. The van der Waals surface area contributed by atoms with Crippen molar-refractivity contribution in [3.05, 3.63) is 24.3 Å². The molecule has 1 heterocycles. The van der Waals surface area contributed by atoms with Crippen LogP contribution in [0.5, 0.6) is 5.75 Å². The first kappa shape index (κ1) is 21.1. The largest absolute Gasteiger partial charge is 0.573 e. The molecular formula is C19H24F3N3O4. The molecule has 0 radical (unpaired) electrons. The summed E-state index contributed by atoms with van der Waals surface area (Å²) in [5.74, 6) is -0.230. The van der Waals surface area contributed by atoms with E-state index in [1.807, 2.05) is 0 Å². The fourth-order valence-corrected chi connectivity index (χ4v) is 3.80. The summed E-state index contributed by atoms with van der Waals surface area (Å²) in [5, 5.41) is 5.47. The third kappa shape index (κ3) is 5.45. The molecule has 1 saturated carbocycles. The molecule has 2 aliphatic rings. The predicted octanol–water partition coefficient (Wildman–Crippen LogP) is 4.10. The molecule has 0 aromatic heterocycles. The first-order valence-electron chi connectivity index (χ1n) is 9.34. The van der Waals surface area contributed by atoms with Crippen LogP contribution in [0.3, 0.4) is 0 Å². The Bertz CT molecular complexity index is 761. The predicted molar refractivity (Wildman–Crippen MR) is 98.5 cm³/mol. The lowest BCUT2D eigenvalue weighted by molar-refractivity contribution is -0.274. The van der Waals surface area contributed by atoms with Crippen LogP contribution >= 0.6 is 0 Å². The monoisotopic (exact) mass is 415 g/mol. The van der Waals surface area contributed by atoms with Crippen molar-refractivity contribution in [1.29, 1.82) is 0 Å². The van der Waals surface area contributed by atoms with Gasteiger partial charge in [0.05, 0.1) is 12.1 Å². The van der Waals surface area contributed by atoms with Crippen LogP contribution in [0.4, 0.5) is 28.4 Å². The number of likely N-dealkylation sites (tertiary alicyclic amines) is 1. The number of hydrogen-bond acceptors (Lipinski definition) is 4. The van der Waals surface area contributed by atoms with E-state index in [0.29, 0.717) is 12.2 Å². The highest BCUT2D eigenvalue weighted by Gasteiger charge is 2.50. The summed E-state index contributed by atoms with van der Waals surface area (Å²) in [6, 6.07) is 4.05. The number of fused-ring (bicyclic) bond motifs is 2. The van der Waals surface area contributed by atoms with Crippen LogP contribution in [0.2, 0.25) is 0 Å². The van der Waals surface area contributed by atoms with Crippen LogP contribution in [0, 0.1) is 5.92 Å². The van der Waals surface area contributed by atoms with Crippen molar-refractivity contribution in [3.8, 4) is 5.75 Å². The Balaban J connectivity index is 1.55. The lowest BCUT2D eigenvalue weighted by Gasteiger charge is -2.30. The van der Waals surface area contributed by atoms with Gasteiger partial charge in [0, 0.05) is 12.2 Å². The van der Waals surface area contributed by atoms with E-state index in [-0.39, 0.29) is 23.8 Å². The highest BCUT2D eigenvalue weighted by atomic mass is 19.4. The summed E-state index contributed by atoms with van der Waals surface area (Å²) in [7, 11) is 0. The Hall–Kier alpha value is -2.65. The van der Waals surface area contributed by atoms with Crippen molar-refractivity contribution in [2.45, 2.75) is 57.7 Å². The van der Waals surface area contributed by atoms with E-state index in [2.05, 4.69) is 15.4 Å². The minimum Gasteiger partial charge on any atom is -0.444 e. The number of rotatable bonds is 3. The molecule has 1 aliphatic heterocycles. The van der Waals surface area contributed by atoms with Crippen LogP contribution < -0.4 is 15.4 Å². The summed E-state index contributed by atoms with van der Waals surface area (Å²) in [6.45, 7) is 5.92. The number of anilines is 1. The van der Waals surface area contributed by atoms with Gasteiger partial charge in [-0.25, -0.2) is 9.59 Å². The van der Waals surface area contributed by atoms with Gasteiger partial charge in [0.1, 0.15) is 11.4 Å². The second kappa shape index (κ2) is 7.64. The number of carbonyl (C=O) groups excluding carboxylic acids is 2. The molecule has 3 amide bonds. The smallest absolute Gasteiger partial charge is 0.444 e. The molecule has 1 aromatic carbocycles. The minimum absolute atomic E-state index is 0.136. The molecule has 2 fully saturated rings. The molecule has 29 heavy (non-hydrogen) atoms. The first-order valence-corrected chi connectivity index (χ1v) is 9.34. The number of hydrogen-bond donors (Lipinski definition) is 2. The van der Waals surface area contributed by atoms with Crippen molar-refractivity contribution in [1.82, 2.24) is 10.2 Å². The number of nitrogens with one attached hydrogen (secondary N) is 2. The molecule has 3 atom stereocenters. The topological polar surface area (TPSA) is 79.9 Å². The van der Waals surface area contributed by atoms with Crippen molar-refractivity contribution in [3.63, 3.8) is 0 Å². The average Bonchev–Trinajstić information content (AvgIpc) is 3.11. The SMILES string of the molecule is CC(C)(C)OC(=O)N1C[C@H]2CC[C@@H]1[C@H]2NC(=O)Nc1ccc(OC(F)(F)F)cc1. The summed E-state index contributed by atoms with van der Waals surface area (Å²) in [6.07, 6.45) is -3.48. The fraction of sp³-hybridized carbons (Fsp3) is 0.579. The van der Waals surface area contributed by atoms with E-state index in [1.165, 1.54) is 12.1 Å². The van der Waals surface area contributed by atoms with E-state index in [4.69, 9.17) is 4.74 Å². The molecule has 7 nitrogen and oxygen atoms in total. The zero-order valence-corrected chi connectivity index (χ0v) is 16.4. The van der Waals surface area contributed by atoms with Crippen LogP contribution in [0.15, 0.2) is 24.3 Å². The number of alkyl halides is 3. The Morgan fingerprint density at radius 3 is 2.34 bits per heavy atom. The van der Waals surface area contributed by atoms with Gasteiger partial charge in [0.25, 0.3) is 0 Å². The molecule has 0 unspecified atom stereocenters. The van der Waals surface area contributed by atoms with Crippen LogP contribution in [0.25, 0.3) is 0 Å². The van der Waals surface area contributed by atoms with Crippen LogP contribution in [-0.2, 0) is 4.74 Å². The standard InChI is InChI=1S/C19H24F3N3O4/c1-18(2,3)29-17(27)25-10-11-4-9-14(25)15(11)24-16(26)23-12-5-7-13(8-6-12)28-19(20,21)22/h5-8,11,14-15H,4,9-10H2,1-3H3,(H2,23,24,26)/t11-,14-,15+/m1/s1. The number of halogens is 3. The second-order valence-electron chi connectivity index (χ2n) is 8.23. The van der Waals surface area contributed by atoms with Crippen molar-refractivity contribution in [2.75, 3.05) is 11.9 Å². The third-order valence-corrected chi connectivity index (χ3v) is 4.86. The van der Waals surface area contributed by atoms with Gasteiger partial charge in [-0.05, 0) is 63.8 Å². The Kier molecular flexibility index (Phi) is 5.55. The maximum atomic E-state index is 12.4. The maximum absolute atomic E-state index is 12.4. The van der Waals surface area contributed by atoms with Crippen LogP contribution in [0.1, 0.15) is 33.6 Å². The summed E-state index contributed by atoms with van der Waals surface area (Å²) >= 11 is 0. The molecule has 3 rings (SSSR count). The van der Waals surface area contributed by atoms with E-state index in [0.717, 1.165) is 25.0 Å². The molecule has 10 heteroatoms. The lowest BCUT2D eigenvalue weighted by Crippen LogP contribution is -2.47. The van der Waals surface area contributed by atoms with E-state index in [9.17, 15) is 22.8 Å². The molecule has 160 valence electrons. The zero-order chi connectivity index (χ0) is 21.4. The highest BCUT2D eigenvalue weighted by Crippen LogP contribution is 2.38. The van der Waals surface area contributed by atoms with Gasteiger partial charge in [-0.1, -0.05) is 0 Å². The number of urea groups is 1. The molecule has 1 aliphatic carbocycles. The summed E-state index contributed by atoms with van der Waals surface area (Å²) in [5.41, 5.74) is -0.271. The van der Waals surface area contributed by atoms with E-state index >= 15 is 0 Å². The van der Waals surface area contributed by atoms with Gasteiger partial charge in [-0.3, -0.25) is 0 Å². The number of amides is 3. The number of carbonyl (C=O) groups is 2. The molecule has 2 N–H and O–H groups in total. The molecule has 1 saturated heterocycles. The van der Waals surface area contributed by atoms with Gasteiger partial charge in [0.15, 0.2) is 0 Å². The maximum Gasteiger partial charge on any atom is 0.573 e. The zero-order valence-electron chi connectivity index (χ0n) is 16.4. The summed E-state index contributed by atoms with van der Waals surface area (Å²) in [4.78, 5) is 26.4. The van der Waals surface area contributed by atoms with Gasteiger partial charge < -0.3 is 25.0 Å². The quantitative estimate of drug-likeness (QED) is 0.779. The third-order valence-electron chi connectivity index (χ3n) is 4.86.